The zero-order chi connectivity index (χ0) is 14.3. The Labute approximate surface area is 120 Å². The van der Waals surface area contributed by atoms with Crippen molar-refractivity contribution < 1.29 is 9.53 Å². The molecule has 1 aromatic rings. The largest absolute Gasteiger partial charge is 0.462 e. The molecule has 0 fully saturated rings. The third-order valence-electron chi connectivity index (χ3n) is 3.23. The molecule has 1 atom stereocenters. The van der Waals surface area contributed by atoms with Gasteiger partial charge in [-0.05, 0) is 30.5 Å². The molecule has 19 heavy (non-hydrogen) atoms. The molecule has 0 aliphatic rings. The number of esters is 1. The first-order valence-electron chi connectivity index (χ1n) is 6.80. The molecular formula is C15H22ClNO2. The Morgan fingerprint density at radius 2 is 2.16 bits per heavy atom. The summed E-state index contributed by atoms with van der Waals surface area (Å²) >= 11 is 5.86. The Hall–Kier alpha value is -1.22. The highest BCUT2D eigenvalue weighted by Gasteiger charge is 2.14. The minimum Gasteiger partial charge on any atom is -0.462 e. The maximum Gasteiger partial charge on any atom is 0.340 e. The monoisotopic (exact) mass is 283 g/mol. The standard InChI is InChI=1S/C15H22ClNO2/c1-3-5-6-11(4-2)10-19-15(18)13-9-12(16)7-8-14(13)17/h7-9,11H,3-6,10,17H2,1-2H3. The van der Waals surface area contributed by atoms with Gasteiger partial charge in [-0.15, -0.1) is 0 Å². The Kier molecular flexibility index (Phi) is 6.71. The molecule has 0 heterocycles. The van der Waals surface area contributed by atoms with Crippen molar-refractivity contribution in [2.24, 2.45) is 5.92 Å². The Bertz CT molecular complexity index is 421. The van der Waals surface area contributed by atoms with Gasteiger partial charge in [-0.2, -0.15) is 0 Å². The number of hydrogen-bond acceptors (Lipinski definition) is 3. The summed E-state index contributed by atoms with van der Waals surface area (Å²) in [6.07, 6.45) is 4.42. The van der Waals surface area contributed by atoms with Crippen LogP contribution in [0, 0.1) is 5.92 Å². The third-order valence-corrected chi connectivity index (χ3v) is 3.46. The molecule has 0 saturated heterocycles. The van der Waals surface area contributed by atoms with Gasteiger partial charge in [-0.25, -0.2) is 4.79 Å². The average molecular weight is 284 g/mol. The molecule has 0 saturated carbocycles. The Balaban J connectivity index is 2.56. The maximum absolute atomic E-state index is 12.0. The number of carbonyl (C=O) groups is 1. The molecule has 3 nitrogen and oxygen atoms in total. The first-order chi connectivity index (χ1) is 9.08. The van der Waals surface area contributed by atoms with Crippen molar-refractivity contribution in [3.63, 3.8) is 0 Å². The quantitative estimate of drug-likeness (QED) is 0.600. The van der Waals surface area contributed by atoms with Crippen molar-refractivity contribution in [1.29, 1.82) is 0 Å². The minimum atomic E-state index is -0.394. The number of hydrogen-bond donors (Lipinski definition) is 1. The second-order valence-electron chi connectivity index (χ2n) is 4.75. The number of carbonyl (C=O) groups excluding carboxylic acids is 1. The van der Waals surface area contributed by atoms with Crippen LogP contribution in [0.2, 0.25) is 5.02 Å². The molecule has 0 radical (unpaired) electrons. The average Bonchev–Trinajstić information content (AvgIpc) is 2.41. The van der Waals surface area contributed by atoms with E-state index in [0.717, 1.165) is 25.7 Å². The lowest BCUT2D eigenvalue weighted by molar-refractivity contribution is 0.0429. The Morgan fingerprint density at radius 3 is 2.79 bits per heavy atom. The van der Waals surface area contributed by atoms with Crippen LogP contribution < -0.4 is 5.73 Å². The van der Waals surface area contributed by atoms with Crippen molar-refractivity contribution in [3.8, 4) is 0 Å². The smallest absolute Gasteiger partial charge is 0.340 e. The molecule has 2 N–H and O–H groups in total. The summed E-state index contributed by atoms with van der Waals surface area (Å²) in [5, 5.41) is 0.485. The lowest BCUT2D eigenvalue weighted by atomic mass is 10.0. The number of nitrogen functional groups attached to an aromatic ring is 1. The molecule has 0 amide bonds. The predicted molar refractivity (Wildman–Crippen MR) is 79.5 cm³/mol. The van der Waals surface area contributed by atoms with E-state index in [1.54, 1.807) is 18.2 Å². The van der Waals surface area contributed by atoms with E-state index >= 15 is 0 Å². The molecular weight excluding hydrogens is 262 g/mol. The van der Waals surface area contributed by atoms with Crippen LogP contribution in [0.25, 0.3) is 0 Å². The van der Waals surface area contributed by atoms with Crippen LogP contribution in [-0.4, -0.2) is 12.6 Å². The van der Waals surface area contributed by atoms with Gasteiger partial charge in [0.05, 0.1) is 12.2 Å². The van der Waals surface area contributed by atoms with Gasteiger partial charge in [-0.3, -0.25) is 0 Å². The van der Waals surface area contributed by atoms with Crippen LogP contribution in [0.1, 0.15) is 49.9 Å². The SMILES string of the molecule is CCCCC(CC)COC(=O)c1cc(Cl)ccc1N. The number of anilines is 1. The molecule has 106 valence electrons. The van der Waals surface area contributed by atoms with E-state index in [1.807, 2.05) is 0 Å². The fourth-order valence-electron chi connectivity index (χ4n) is 1.87. The third kappa shape index (κ3) is 5.11. The van der Waals surface area contributed by atoms with Gasteiger partial charge in [-0.1, -0.05) is 44.7 Å². The summed E-state index contributed by atoms with van der Waals surface area (Å²) in [6.45, 7) is 4.72. The molecule has 0 aliphatic heterocycles. The summed E-state index contributed by atoms with van der Waals surface area (Å²) in [5.74, 6) is 0.0271. The van der Waals surface area contributed by atoms with E-state index in [2.05, 4.69) is 13.8 Å². The molecule has 0 aliphatic carbocycles. The van der Waals surface area contributed by atoms with E-state index in [9.17, 15) is 4.79 Å². The van der Waals surface area contributed by atoms with E-state index in [0.29, 0.717) is 28.8 Å². The first kappa shape index (κ1) is 15.8. The second-order valence-corrected chi connectivity index (χ2v) is 5.18. The minimum absolute atomic E-state index is 0.345. The van der Waals surface area contributed by atoms with Crippen LogP contribution in [0.3, 0.4) is 0 Å². The summed E-state index contributed by atoms with van der Waals surface area (Å²) < 4.78 is 5.34. The van der Waals surface area contributed by atoms with E-state index in [-0.39, 0.29) is 0 Å². The van der Waals surface area contributed by atoms with E-state index < -0.39 is 5.97 Å². The van der Waals surface area contributed by atoms with E-state index in [1.165, 1.54) is 0 Å². The van der Waals surface area contributed by atoms with Gasteiger partial charge in [0.25, 0.3) is 0 Å². The van der Waals surface area contributed by atoms with Crippen LogP contribution in [0.5, 0.6) is 0 Å². The van der Waals surface area contributed by atoms with E-state index in [4.69, 9.17) is 22.1 Å². The fourth-order valence-corrected chi connectivity index (χ4v) is 2.05. The molecule has 1 unspecified atom stereocenters. The topological polar surface area (TPSA) is 52.3 Å². The number of benzene rings is 1. The van der Waals surface area contributed by atoms with Gasteiger partial charge in [0.1, 0.15) is 0 Å². The van der Waals surface area contributed by atoms with Gasteiger partial charge in [0.2, 0.25) is 0 Å². The number of halogens is 1. The molecule has 1 rings (SSSR count). The van der Waals surface area contributed by atoms with Crippen molar-refractivity contribution in [2.45, 2.75) is 39.5 Å². The highest BCUT2D eigenvalue weighted by molar-refractivity contribution is 6.31. The predicted octanol–water partition coefficient (Wildman–Crippen LogP) is 4.30. The van der Waals surface area contributed by atoms with Gasteiger partial charge in [0, 0.05) is 10.7 Å². The van der Waals surface area contributed by atoms with Crippen LogP contribution in [-0.2, 0) is 4.74 Å². The number of ether oxygens (including phenoxy) is 1. The maximum atomic E-state index is 12.0. The highest BCUT2D eigenvalue weighted by atomic mass is 35.5. The molecule has 0 aromatic heterocycles. The van der Waals surface area contributed by atoms with Gasteiger partial charge >= 0.3 is 5.97 Å². The molecule has 4 heteroatoms. The number of rotatable bonds is 7. The Morgan fingerprint density at radius 1 is 1.42 bits per heavy atom. The second kappa shape index (κ2) is 8.05. The van der Waals surface area contributed by atoms with Crippen molar-refractivity contribution >= 4 is 23.3 Å². The number of nitrogens with two attached hydrogens (primary N) is 1. The summed E-state index contributed by atoms with van der Waals surface area (Å²) in [7, 11) is 0. The normalized spacial score (nSPS) is 12.2. The summed E-state index contributed by atoms with van der Waals surface area (Å²) in [5.41, 5.74) is 6.49. The van der Waals surface area contributed by atoms with Crippen LogP contribution in [0.15, 0.2) is 18.2 Å². The molecule has 0 spiro atoms. The molecule has 1 aromatic carbocycles. The summed E-state index contributed by atoms with van der Waals surface area (Å²) in [6, 6.07) is 4.82. The van der Waals surface area contributed by atoms with Crippen molar-refractivity contribution in [2.75, 3.05) is 12.3 Å². The first-order valence-corrected chi connectivity index (χ1v) is 7.18. The van der Waals surface area contributed by atoms with Crippen LogP contribution in [0.4, 0.5) is 5.69 Å². The fraction of sp³-hybridized carbons (Fsp3) is 0.533. The highest BCUT2D eigenvalue weighted by Crippen LogP contribution is 2.20. The lowest BCUT2D eigenvalue weighted by Gasteiger charge is -2.15. The molecule has 0 bridgehead atoms. The lowest BCUT2D eigenvalue weighted by Crippen LogP contribution is -2.15. The zero-order valence-electron chi connectivity index (χ0n) is 11.6. The summed E-state index contributed by atoms with van der Waals surface area (Å²) in [4.78, 5) is 12.0. The van der Waals surface area contributed by atoms with Crippen molar-refractivity contribution in [3.05, 3.63) is 28.8 Å². The van der Waals surface area contributed by atoms with Gasteiger partial charge < -0.3 is 10.5 Å². The zero-order valence-corrected chi connectivity index (χ0v) is 12.4. The number of unbranched alkanes of at least 4 members (excludes halogenated alkanes) is 1. The van der Waals surface area contributed by atoms with Gasteiger partial charge in [0.15, 0.2) is 0 Å². The van der Waals surface area contributed by atoms with Crippen LogP contribution >= 0.6 is 11.6 Å². The van der Waals surface area contributed by atoms with Crippen molar-refractivity contribution in [1.82, 2.24) is 0 Å².